The van der Waals surface area contributed by atoms with Crippen LogP contribution in [-0.2, 0) is 0 Å². The van der Waals surface area contributed by atoms with E-state index in [0.29, 0.717) is 0 Å². The molecular weight excluding hydrogens is 156 g/mol. The van der Waals surface area contributed by atoms with Gasteiger partial charge in [-0.25, -0.2) is 0 Å². The second-order valence-corrected chi connectivity index (χ2v) is 1.95. The first-order chi connectivity index (χ1) is 4.50. The van der Waals surface area contributed by atoms with Crippen LogP contribution in [-0.4, -0.2) is 20.3 Å². The fraction of sp³-hybridized carbons (Fsp3) is 1.00. The van der Waals surface area contributed by atoms with E-state index in [2.05, 4.69) is 5.32 Å². The third-order valence-corrected chi connectivity index (χ3v) is 0.957. The van der Waals surface area contributed by atoms with Crippen molar-refractivity contribution in [1.82, 2.24) is 5.32 Å². The van der Waals surface area contributed by atoms with E-state index >= 15 is 0 Å². The van der Waals surface area contributed by atoms with Crippen LogP contribution in [0.3, 0.4) is 0 Å². The van der Waals surface area contributed by atoms with Crippen molar-refractivity contribution >= 4 is 7.25 Å². The molecule has 0 aliphatic carbocycles. The van der Waals surface area contributed by atoms with E-state index in [1.165, 1.54) is 25.9 Å². The number of rotatable bonds is 0. The summed E-state index contributed by atoms with van der Waals surface area (Å²) in [4.78, 5) is 0. The summed E-state index contributed by atoms with van der Waals surface area (Å²) in [5.41, 5.74) is 0. The van der Waals surface area contributed by atoms with Gasteiger partial charge in [0.1, 0.15) is 0 Å². The Kier molecular flexibility index (Phi) is 8.87. The first-order valence-corrected chi connectivity index (χ1v) is 3.08. The predicted octanol–water partition coefficient (Wildman–Crippen LogP) is -1.21. The molecule has 1 rings (SSSR count). The Morgan fingerprint density at radius 3 is 1.36 bits per heavy atom. The van der Waals surface area contributed by atoms with Gasteiger partial charge in [-0.05, 0) is 25.9 Å². The minimum absolute atomic E-state index is 0. The fourth-order valence-corrected chi connectivity index (χ4v) is 0.625. The molecule has 0 atom stereocenters. The maximum absolute atomic E-state index is 9.75. The van der Waals surface area contributed by atoms with Crippen LogP contribution in [0, 0.1) is 0 Å². The van der Waals surface area contributed by atoms with E-state index in [-0.39, 0.29) is 20.3 Å². The Hall–Kier alpha value is 0.342. The Morgan fingerprint density at radius 1 is 1.00 bits per heavy atom. The summed E-state index contributed by atoms with van der Waals surface area (Å²) in [7, 11) is -6.00. The molecule has 7 heteroatoms. The van der Waals surface area contributed by atoms with Gasteiger partial charge >= 0.3 is 26.1 Å². The van der Waals surface area contributed by atoms with E-state index in [1.807, 2.05) is 0 Å². The van der Waals surface area contributed by atoms with Crippen LogP contribution < -0.4 is 24.2 Å². The summed E-state index contributed by atoms with van der Waals surface area (Å²) in [6.07, 6.45) is 2.78. The van der Waals surface area contributed by atoms with Crippen LogP contribution in [0.25, 0.3) is 0 Å². The van der Waals surface area contributed by atoms with Gasteiger partial charge in [-0.3, -0.25) is 0 Å². The maximum Gasteiger partial charge on any atom is 1.00 e. The average molecular weight is 166 g/mol. The average Bonchev–Trinajstić information content (AvgIpc) is 2.07. The summed E-state index contributed by atoms with van der Waals surface area (Å²) < 4.78 is 39.0. The van der Waals surface area contributed by atoms with Crippen molar-refractivity contribution in [1.29, 1.82) is 0 Å². The Morgan fingerprint density at radius 2 is 1.27 bits per heavy atom. The molecule has 1 nitrogen and oxygen atoms in total. The third kappa shape index (κ3) is 25.2. The van der Waals surface area contributed by atoms with Crippen molar-refractivity contribution in [3.05, 3.63) is 0 Å². The topological polar surface area (TPSA) is 12.0 Å². The van der Waals surface area contributed by atoms with Gasteiger partial charge < -0.3 is 24.0 Å². The van der Waals surface area contributed by atoms with Crippen LogP contribution in [0.1, 0.15) is 14.3 Å². The molecule has 1 fully saturated rings. The van der Waals surface area contributed by atoms with Crippen LogP contribution in [0.15, 0.2) is 0 Å². The molecule has 0 saturated carbocycles. The molecular formula is C4H10BF4LiN-. The predicted molar refractivity (Wildman–Crippen MR) is 33.4 cm³/mol. The van der Waals surface area contributed by atoms with Crippen LogP contribution in [0.4, 0.5) is 17.3 Å². The zero-order chi connectivity index (χ0) is 8.04. The van der Waals surface area contributed by atoms with Gasteiger partial charge in [0, 0.05) is 0 Å². The Bertz CT molecular complexity index is 76.0. The molecule has 1 N–H and O–H groups in total. The summed E-state index contributed by atoms with van der Waals surface area (Å²) in [6.45, 7) is 2.50. The summed E-state index contributed by atoms with van der Waals surface area (Å²) in [5, 5.41) is 3.22. The van der Waals surface area contributed by atoms with Gasteiger partial charge in [0.2, 0.25) is 0 Å². The zero-order valence-corrected chi connectivity index (χ0v) is 6.42. The Labute approximate surface area is 76.7 Å². The summed E-state index contributed by atoms with van der Waals surface area (Å²) >= 11 is 0. The number of halogens is 4. The van der Waals surface area contributed by atoms with Gasteiger partial charge in [0.15, 0.2) is 0 Å². The smallest absolute Gasteiger partial charge is 1.00 e. The largest absolute Gasteiger partial charge is 1.00 e. The molecule has 1 aliphatic heterocycles. The van der Waals surface area contributed by atoms with Crippen LogP contribution in [0.2, 0.25) is 0 Å². The molecule has 0 aromatic rings. The van der Waals surface area contributed by atoms with Crippen LogP contribution in [0.5, 0.6) is 0 Å². The monoisotopic (exact) mass is 166 g/mol. The van der Waals surface area contributed by atoms with Crippen molar-refractivity contribution in [3.63, 3.8) is 0 Å². The molecule has 0 bridgehead atoms. The molecule has 0 aromatic carbocycles. The van der Waals surface area contributed by atoms with Crippen molar-refractivity contribution < 1.29 is 37.5 Å². The van der Waals surface area contributed by atoms with Crippen molar-refractivity contribution in [2.75, 3.05) is 13.1 Å². The summed E-state index contributed by atoms with van der Waals surface area (Å²) in [6, 6.07) is 0. The maximum atomic E-state index is 9.75. The van der Waals surface area contributed by atoms with Crippen molar-refractivity contribution in [3.8, 4) is 0 Å². The fourth-order valence-electron chi connectivity index (χ4n) is 0.625. The van der Waals surface area contributed by atoms with E-state index in [1.54, 1.807) is 0 Å². The van der Waals surface area contributed by atoms with E-state index in [0.717, 1.165) is 0 Å². The zero-order valence-electron chi connectivity index (χ0n) is 7.42. The standard InChI is InChI=1S/C4H9N.BF4.Li.H/c1-2-4-5-3-1;2-1(3,4)5;;/h5H,1-4H2;;;/q;-1;+1;-1. The molecule has 1 heterocycles. The molecule has 0 spiro atoms. The van der Waals surface area contributed by atoms with Crippen LogP contribution >= 0.6 is 0 Å². The second kappa shape index (κ2) is 7.02. The second-order valence-electron chi connectivity index (χ2n) is 1.95. The summed E-state index contributed by atoms with van der Waals surface area (Å²) in [5.74, 6) is 0. The molecule has 11 heavy (non-hydrogen) atoms. The first-order valence-electron chi connectivity index (χ1n) is 3.08. The Balaban J connectivity index is -0.000000116. The number of nitrogens with one attached hydrogen (secondary N) is 1. The van der Waals surface area contributed by atoms with Gasteiger partial charge in [-0.15, -0.1) is 0 Å². The van der Waals surface area contributed by atoms with Gasteiger partial charge in [0.25, 0.3) is 0 Å². The molecule has 64 valence electrons. The van der Waals surface area contributed by atoms with E-state index < -0.39 is 7.25 Å². The van der Waals surface area contributed by atoms with E-state index in [4.69, 9.17) is 0 Å². The minimum Gasteiger partial charge on any atom is -1.00 e. The van der Waals surface area contributed by atoms with E-state index in [9.17, 15) is 17.3 Å². The van der Waals surface area contributed by atoms with Crippen molar-refractivity contribution in [2.24, 2.45) is 0 Å². The third-order valence-electron chi connectivity index (χ3n) is 0.957. The quantitative estimate of drug-likeness (QED) is 0.351. The molecule has 0 aromatic heterocycles. The number of hydrogen-bond acceptors (Lipinski definition) is 1. The van der Waals surface area contributed by atoms with Gasteiger partial charge in [-0.2, -0.15) is 0 Å². The SMILES string of the molecule is C1CCNC1.F[B-](F)(F)F.[H-].[Li+]. The van der Waals surface area contributed by atoms with Gasteiger partial charge in [0.05, 0.1) is 0 Å². The van der Waals surface area contributed by atoms with Crippen molar-refractivity contribution in [2.45, 2.75) is 12.8 Å². The molecule has 0 unspecified atom stereocenters. The first kappa shape index (κ1) is 13.9. The molecule has 0 radical (unpaired) electrons. The molecule has 1 aliphatic rings. The molecule has 0 amide bonds. The molecule has 1 saturated heterocycles. The van der Waals surface area contributed by atoms with Gasteiger partial charge in [-0.1, -0.05) is 0 Å². The normalized spacial score (nSPS) is 16.4. The minimum atomic E-state index is -6.00. The number of hydrogen-bond donors (Lipinski definition) is 1.